The summed E-state index contributed by atoms with van der Waals surface area (Å²) in [7, 11) is 0. The van der Waals surface area contributed by atoms with E-state index in [9.17, 15) is 13.2 Å². The van der Waals surface area contributed by atoms with Gasteiger partial charge in [-0.15, -0.1) is 25.8 Å². The first kappa shape index (κ1) is 12.0. The number of halogens is 3. The van der Waals surface area contributed by atoms with Gasteiger partial charge in [-0.3, -0.25) is 0 Å². The molecule has 0 aliphatic carbocycles. The molecule has 0 aliphatic rings. The Labute approximate surface area is 90.4 Å². The maximum absolute atomic E-state index is 11.9. The number of hydrogen-bond acceptors (Lipinski definition) is 3. The molecule has 6 heteroatoms. The Bertz CT molecular complexity index is 339. The number of thiol groups is 1. The van der Waals surface area contributed by atoms with Gasteiger partial charge in [0.15, 0.2) is 0 Å². The van der Waals surface area contributed by atoms with Crippen LogP contribution in [0.3, 0.4) is 0 Å². The number of hydrogen-bond donors (Lipinski definition) is 1. The van der Waals surface area contributed by atoms with E-state index in [4.69, 9.17) is 4.74 Å². The van der Waals surface area contributed by atoms with Crippen molar-refractivity contribution >= 4 is 12.6 Å². The Balaban J connectivity index is 2.87. The fraction of sp³-hybridized carbons (Fsp3) is 0.333. The van der Waals surface area contributed by atoms with Crippen molar-refractivity contribution < 1.29 is 22.6 Å². The molecule has 0 spiro atoms. The predicted octanol–water partition coefficient (Wildman–Crippen LogP) is 3.27. The van der Waals surface area contributed by atoms with Crippen molar-refractivity contribution in [2.24, 2.45) is 0 Å². The van der Waals surface area contributed by atoms with Gasteiger partial charge >= 0.3 is 6.36 Å². The lowest BCUT2D eigenvalue weighted by Crippen LogP contribution is -2.17. The normalized spacial score (nSPS) is 11.3. The quantitative estimate of drug-likeness (QED) is 0.815. The molecular weight excluding hydrogens is 229 g/mol. The van der Waals surface area contributed by atoms with Gasteiger partial charge in [-0.05, 0) is 19.1 Å². The van der Waals surface area contributed by atoms with E-state index in [1.54, 1.807) is 6.92 Å². The molecule has 0 N–H and O–H groups in total. The molecule has 0 fully saturated rings. The Morgan fingerprint density at radius 3 is 2.53 bits per heavy atom. The third-order valence-corrected chi connectivity index (χ3v) is 1.83. The van der Waals surface area contributed by atoms with Crippen molar-refractivity contribution in [3.8, 4) is 11.5 Å². The van der Waals surface area contributed by atoms with Crippen LogP contribution in [0.15, 0.2) is 23.1 Å². The van der Waals surface area contributed by atoms with Crippen molar-refractivity contribution in [3.05, 3.63) is 18.2 Å². The first-order valence-electron chi connectivity index (χ1n) is 4.14. The summed E-state index contributed by atoms with van der Waals surface area (Å²) >= 11 is 4.03. The summed E-state index contributed by atoms with van der Waals surface area (Å²) in [4.78, 5) is 0.464. The highest BCUT2D eigenvalue weighted by atomic mass is 32.1. The lowest BCUT2D eigenvalue weighted by atomic mass is 10.3. The molecule has 0 saturated carbocycles. The molecule has 0 bridgehead atoms. The zero-order chi connectivity index (χ0) is 11.5. The van der Waals surface area contributed by atoms with Gasteiger partial charge in [0.1, 0.15) is 11.5 Å². The van der Waals surface area contributed by atoms with Crippen LogP contribution in [0.1, 0.15) is 6.92 Å². The van der Waals surface area contributed by atoms with Crippen LogP contribution >= 0.6 is 12.6 Å². The number of rotatable bonds is 3. The standard InChI is InChI=1S/C9H9F3O2S/c1-2-13-7-5-6(3-4-8(7)15)14-9(10,11)12/h3-5,15H,2H2,1H3. The molecule has 0 radical (unpaired) electrons. The van der Waals surface area contributed by atoms with E-state index in [0.717, 1.165) is 6.07 Å². The van der Waals surface area contributed by atoms with Crippen LogP contribution in [-0.2, 0) is 0 Å². The van der Waals surface area contributed by atoms with E-state index in [2.05, 4.69) is 17.4 Å². The predicted molar refractivity (Wildman–Crippen MR) is 51.5 cm³/mol. The van der Waals surface area contributed by atoms with E-state index in [1.807, 2.05) is 0 Å². The van der Waals surface area contributed by atoms with Crippen LogP contribution in [0.5, 0.6) is 11.5 Å². The van der Waals surface area contributed by atoms with Crippen LogP contribution < -0.4 is 9.47 Å². The third-order valence-electron chi connectivity index (χ3n) is 1.46. The first-order valence-corrected chi connectivity index (χ1v) is 4.58. The van der Waals surface area contributed by atoms with Crippen molar-refractivity contribution in [1.29, 1.82) is 0 Å². The summed E-state index contributed by atoms with van der Waals surface area (Å²) in [6.45, 7) is 2.08. The van der Waals surface area contributed by atoms with E-state index < -0.39 is 6.36 Å². The molecule has 0 atom stereocenters. The summed E-state index contributed by atoms with van der Waals surface area (Å²) < 4.78 is 44.4. The lowest BCUT2D eigenvalue weighted by molar-refractivity contribution is -0.274. The molecule has 0 heterocycles. The summed E-state index contributed by atoms with van der Waals surface area (Å²) in [6, 6.07) is 3.72. The number of ether oxygens (including phenoxy) is 2. The van der Waals surface area contributed by atoms with Gasteiger partial charge in [-0.25, -0.2) is 0 Å². The number of benzene rings is 1. The first-order chi connectivity index (χ1) is 6.92. The second kappa shape index (κ2) is 4.65. The van der Waals surface area contributed by atoms with Crippen molar-refractivity contribution in [2.45, 2.75) is 18.2 Å². The van der Waals surface area contributed by atoms with Crippen LogP contribution in [0, 0.1) is 0 Å². The van der Waals surface area contributed by atoms with Crippen LogP contribution in [-0.4, -0.2) is 13.0 Å². The fourth-order valence-electron chi connectivity index (χ4n) is 0.963. The fourth-order valence-corrected chi connectivity index (χ4v) is 1.17. The SMILES string of the molecule is CCOc1cc(OC(F)(F)F)ccc1S. The molecule has 84 valence electrons. The highest BCUT2D eigenvalue weighted by Gasteiger charge is 2.31. The van der Waals surface area contributed by atoms with Gasteiger partial charge in [0.2, 0.25) is 0 Å². The van der Waals surface area contributed by atoms with Gasteiger partial charge in [-0.1, -0.05) is 0 Å². The monoisotopic (exact) mass is 238 g/mol. The molecule has 0 aromatic heterocycles. The maximum atomic E-state index is 11.9. The van der Waals surface area contributed by atoms with Crippen LogP contribution in [0.25, 0.3) is 0 Å². The summed E-state index contributed by atoms with van der Waals surface area (Å²) in [5.41, 5.74) is 0. The van der Waals surface area contributed by atoms with Crippen molar-refractivity contribution in [1.82, 2.24) is 0 Å². The molecule has 1 aromatic carbocycles. The Kier molecular flexibility index (Phi) is 3.73. The Morgan fingerprint density at radius 1 is 1.33 bits per heavy atom. The van der Waals surface area contributed by atoms with Crippen molar-refractivity contribution in [2.75, 3.05) is 6.61 Å². The van der Waals surface area contributed by atoms with Gasteiger partial charge in [0.05, 0.1) is 6.61 Å². The maximum Gasteiger partial charge on any atom is 0.573 e. The second-order valence-corrected chi connectivity index (χ2v) is 3.09. The molecule has 1 aromatic rings. The lowest BCUT2D eigenvalue weighted by Gasteiger charge is -2.11. The highest BCUT2D eigenvalue weighted by Crippen LogP contribution is 2.30. The molecule has 0 aliphatic heterocycles. The van der Waals surface area contributed by atoms with Gasteiger partial charge in [-0.2, -0.15) is 0 Å². The third kappa shape index (κ3) is 3.91. The molecular formula is C9H9F3O2S. The van der Waals surface area contributed by atoms with Crippen LogP contribution in [0.2, 0.25) is 0 Å². The molecule has 2 nitrogen and oxygen atoms in total. The van der Waals surface area contributed by atoms with Crippen molar-refractivity contribution in [3.63, 3.8) is 0 Å². The largest absolute Gasteiger partial charge is 0.573 e. The van der Waals surface area contributed by atoms with Gasteiger partial charge in [0, 0.05) is 11.0 Å². The van der Waals surface area contributed by atoms with Crippen LogP contribution in [0.4, 0.5) is 13.2 Å². The minimum Gasteiger partial charge on any atom is -0.493 e. The molecule has 0 saturated heterocycles. The molecule has 0 amide bonds. The zero-order valence-corrected chi connectivity index (χ0v) is 8.73. The van der Waals surface area contributed by atoms with E-state index >= 15 is 0 Å². The van der Waals surface area contributed by atoms with E-state index in [1.165, 1.54) is 12.1 Å². The Morgan fingerprint density at radius 2 is 2.00 bits per heavy atom. The van der Waals surface area contributed by atoms with Gasteiger partial charge < -0.3 is 9.47 Å². The summed E-state index contributed by atoms with van der Waals surface area (Å²) in [5, 5.41) is 0. The van der Waals surface area contributed by atoms with E-state index in [0.29, 0.717) is 11.5 Å². The zero-order valence-electron chi connectivity index (χ0n) is 7.84. The minimum absolute atomic E-state index is 0.266. The molecule has 0 unspecified atom stereocenters. The minimum atomic E-state index is -4.69. The Hall–Kier alpha value is -1.04. The number of alkyl halides is 3. The topological polar surface area (TPSA) is 18.5 Å². The van der Waals surface area contributed by atoms with Gasteiger partial charge in [0.25, 0.3) is 0 Å². The molecule has 1 rings (SSSR count). The molecule has 15 heavy (non-hydrogen) atoms. The smallest absolute Gasteiger partial charge is 0.493 e. The average Bonchev–Trinajstić information content (AvgIpc) is 2.09. The summed E-state index contributed by atoms with van der Waals surface area (Å²) in [6.07, 6.45) is -4.69. The summed E-state index contributed by atoms with van der Waals surface area (Å²) in [5.74, 6) is -0.0497. The second-order valence-electron chi connectivity index (χ2n) is 2.61. The van der Waals surface area contributed by atoms with E-state index in [-0.39, 0.29) is 11.5 Å². The average molecular weight is 238 g/mol. The highest BCUT2D eigenvalue weighted by molar-refractivity contribution is 7.80.